The number of fused-ring (bicyclic) bond motifs is 1. The molecule has 0 unspecified atom stereocenters. The van der Waals surface area contributed by atoms with Crippen LogP contribution >= 0.6 is 15.9 Å². The van der Waals surface area contributed by atoms with Crippen LogP contribution in [0.25, 0.3) is 5.65 Å². The quantitative estimate of drug-likeness (QED) is 0.848. The number of halogens is 1. The Morgan fingerprint density at radius 2 is 2.36 bits per heavy atom. The van der Waals surface area contributed by atoms with Crippen molar-refractivity contribution in [2.24, 2.45) is 0 Å². The number of carboxylic acid groups (broad SMARTS) is 1. The molecular formula is C9H7BrN2O2. The van der Waals surface area contributed by atoms with Gasteiger partial charge in [-0.1, -0.05) is 15.9 Å². The lowest BCUT2D eigenvalue weighted by Crippen LogP contribution is -2.01. The second kappa shape index (κ2) is 3.09. The average molecular weight is 255 g/mol. The number of pyridine rings is 1. The number of carbonyl (C=O) groups is 1. The maximum Gasteiger partial charge on any atom is 0.354 e. The molecule has 1 N–H and O–H groups in total. The zero-order chi connectivity index (χ0) is 10.3. The van der Waals surface area contributed by atoms with Crippen molar-refractivity contribution >= 4 is 27.5 Å². The summed E-state index contributed by atoms with van der Waals surface area (Å²) < 4.78 is 2.48. The molecule has 0 aliphatic heterocycles. The number of imidazole rings is 1. The van der Waals surface area contributed by atoms with Gasteiger partial charge in [0.2, 0.25) is 0 Å². The van der Waals surface area contributed by atoms with E-state index in [9.17, 15) is 4.79 Å². The molecule has 0 amide bonds. The average Bonchev–Trinajstić information content (AvgIpc) is 2.48. The first-order chi connectivity index (χ1) is 6.59. The highest BCUT2D eigenvalue weighted by Gasteiger charge is 2.10. The van der Waals surface area contributed by atoms with Crippen molar-refractivity contribution in [1.29, 1.82) is 0 Å². The first-order valence-corrected chi connectivity index (χ1v) is 4.75. The third kappa shape index (κ3) is 1.29. The smallest absolute Gasteiger partial charge is 0.354 e. The molecule has 0 aliphatic rings. The Hall–Kier alpha value is -1.36. The molecular weight excluding hydrogens is 248 g/mol. The number of aryl methyl sites for hydroxylation is 1. The van der Waals surface area contributed by atoms with Gasteiger partial charge in [-0.3, -0.25) is 4.40 Å². The molecule has 14 heavy (non-hydrogen) atoms. The van der Waals surface area contributed by atoms with E-state index >= 15 is 0 Å². The molecule has 0 spiro atoms. The summed E-state index contributed by atoms with van der Waals surface area (Å²) in [5.74, 6) is -0.973. The SMILES string of the molecule is Cc1cn2c(C(=O)O)cnc2cc1Br. The van der Waals surface area contributed by atoms with E-state index in [1.54, 1.807) is 16.7 Å². The van der Waals surface area contributed by atoms with Crippen molar-refractivity contribution in [1.82, 2.24) is 9.38 Å². The minimum Gasteiger partial charge on any atom is -0.477 e. The summed E-state index contributed by atoms with van der Waals surface area (Å²) in [7, 11) is 0. The molecule has 0 aliphatic carbocycles. The molecule has 2 aromatic heterocycles. The van der Waals surface area contributed by atoms with Crippen LogP contribution < -0.4 is 0 Å². The fraction of sp³-hybridized carbons (Fsp3) is 0.111. The molecule has 72 valence electrons. The molecule has 0 bridgehead atoms. The molecule has 2 aromatic rings. The van der Waals surface area contributed by atoms with Crippen LogP contribution in [0.2, 0.25) is 0 Å². The van der Waals surface area contributed by atoms with Crippen LogP contribution in [0.3, 0.4) is 0 Å². The van der Waals surface area contributed by atoms with E-state index < -0.39 is 5.97 Å². The second-order valence-corrected chi connectivity index (χ2v) is 3.84. The Morgan fingerprint density at radius 3 is 3.00 bits per heavy atom. The van der Waals surface area contributed by atoms with Gasteiger partial charge >= 0.3 is 5.97 Å². The zero-order valence-corrected chi connectivity index (χ0v) is 8.95. The van der Waals surface area contributed by atoms with E-state index in [1.165, 1.54) is 6.20 Å². The van der Waals surface area contributed by atoms with Gasteiger partial charge in [0.1, 0.15) is 5.65 Å². The van der Waals surface area contributed by atoms with Crippen LogP contribution in [0, 0.1) is 6.92 Å². The molecule has 4 nitrogen and oxygen atoms in total. The van der Waals surface area contributed by atoms with Gasteiger partial charge in [0.05, 0.1) is 6.20 Å². The summed E-state index contributed by atoms with van der Waals surface area (Å²) in [4.78, 5) is 14.8. The molecule has 0 fully saturated rings. The Kier molecular flexibility index (Phi) is 2.03. The summed E-state index contributed by atoms with van der Waals surface area (Å²) in [6, 6.07) is 1.79. The minimum atomic E-state index is -0.973. The Morgan fingerprint density at radius 1 is 1.64 bits per heavy atom. The standard InChI is InChI=1S/C9H7BrN2O2/c1-5-4-12-7(9(13)14)3-11-8(12)2-6(5)10/h2-4H,1H3,(H,13,14). The fourth-order valence-electron chi connectivity index (χ4n) is 1.26. The zero-order valence-electron chi connectivity index (χ0n) is 7.36. The second-order valence-electron chi connectivity index (χ2n) is 2.98. The number of aromatic nitrogens is 2. The number of hydrogen-bond acceptors (Lipinski definition) is 2. The van der Waals surface area contributed by atoms with Gasteiger partial charge in [-0.15, -0.1) is 0 Å². The fourth-order valence-corrected chi connectivity index (χ4v) is 1.57. The number of aromatic carboxylic acids is 1. The molecule has 2 rings (SSSR count). The van der Waals surface area contributed by atoms with Crippen molar-refractivity contribution in [3.05, 3.63) is 34.2 Å². The predicted octanol–water partition coefficient (Wildman–Crippen LogP) is 2.10. The molecule has 0 saturated carbocycles. The van der Waals surface area contributed by atoms with Crippen LogP contribution in [0.4, 0.5) is 0 Å². The molecule has 0 radical (unpaired) electrons. The highest BCUT2D eigenvalue weighted by atomic mass is 79.9. The highest BCUT2D eigenvalue weighted by molar-refractivity contribution is 9.10. The molecule has 0 aromatic carbocycles. The van der Waals surface area contributed by atoms with Gasteiger partial charge in [0, 0.05) is 10.7 Å². The Labute approximate surface area is 88.3 Å². The van der Waals surface area contributed by atoms with Gasteiger partial charge in [0.15, 0.2) is 5.69 Å². The molecule has 0 saturated heterocycles. The summed E-state index contributed by atoms with van der Waals surface area (Å²) in [6.07, 6.45) is 3.10. The summed E-state index contributed by atoms with van der Waals surface area (Å²) in [5.41, 5.74) is 1.77. The number of rotatable bonds is 1. The lowest BCUT2D eigenvalue weighted by atomic mass is 10.3. The first kappa shape index (κ1) is 9.21. The van der Waals surface area contributed by atoms with Gasteiger partial charge in [-0.25, -0.2) is 9.78 Å². The number of hydrogen-bond donors (Lipinski definition) is 1. The highest BCUT2D eigenvalue weighted by Crippen LogP contribution is 2.18. The maximum atomic E-state index is 10.8. The first-order valence-electron chi connectivity index (χ1n) is 3.96. The van der Waals surface area contributed by atoms with Gasteiger partial charge < -0.3 is 5.11 Å². The third-order valence-electron chi connectivity index (χ3n) is 2.00. The Bertz CT molecular complexity index is 519. The van der Waals surface area contributed by atoms with E-state index in [2.05, 4.69) is 20.9 Å². The summed E-state index contributed by atoms with van der Waals surface area (Å²) in [6.45, 7) is 1.90. The van der Waals surface area contributed by atoms with Crippen molar-refractivity contribution in [3.63, 3.8) is 0 Å². The van der Waals surface area contributed by atoms with Crippen molar-refractivity contribution < 1.29 is 9.90 Å². The predicted molar refractivity (Wildman–Crippen MR) is 54.6 cm³/mol. The van der Waals surface area contributed by atoms with Gasteiger partial charge in [-0.2, -0.15) is 0 Å². The number of nitrogens with zero attached hydrogens (tertiary/aromatic N) is 2. The van der Waals surface area contributed by atoms with E-state index in [0.717, 1.165) is 10.0 Å². The van der Waals surface area contributed by atoms with Gasteiger partial charge in [-0.05, 0) is 18.6 Å². The normalized spacial score (nSPS) is 10.7. The molecule has 2 heterocycles. The number of carboxylic acids is 1. The van der Waals surface area contributed by atoms with Crippen LogP contribution in [0.5, 0.6) is 0 Å². The topological polar surface area (TPSA) is 54.6 Å². The summed E-state index contributed by atoms with van der Waals surface area (Å²) >= 11 is 3.36. The largest absolute Gasteiger partial charge is 0.477 e. The van der Waals surface area contributed by atoms with E-state index in [1.807, 2.05) is 6.92 Å². The monoisotopic (exact) mass is 254 g/mol. The minimum absolute atomic E-state index is 0.176. The van der Waals surface area contributed by atoms with E-state index in [4.69, 9.17) is 5.11 Å². The molecule has 5 heteroatoms. The third-order valence-corrected chi connectivity index (χ3v) is 2.85. The molecule has 0 atom stereocenters. The van der Waals surface area contributed by atoms with Crippen molar-refractivity contribution in [2.45, 2.75) is 6.92 Å². The maximum absolute atomic E-state index is 10.8. The van der Waals surface area contributed by atoms with E-state index in [0.29, 0.717) is 5.65 Å². The van der Waals surface area contributed by atoms with Crippen LogP contribution in [0.1, 0.15) is 16.1 Å². The van der Waals surface area contributed by atoms with Crippen LogP contribution in [-0.2, 0) is 0 Å². The summed E-state index contributed by atoms with van der Waals surface area (Å²) in [5, 5.41) is 8.86. The van der Waals surface area contributed by atoms with Crippen molar-refractivity contribution in [2.75, 3.05) is 0 Å². The van der Waals surface area contributed by atoms with Gasteiger partial charge in [0.25, 0.3) is 0 Å². The lowest BCUT2D eigenvalue weighted by Gasteiger charge is -2.01. The Balaban J connectivity index is 2.80. The van der Waals surface area contributed by atoms with Crippen LogP contribution in [0.15, 0.2) is 22.9 Å². The van der Waals surface area contributed by atoms with E-state index in [-0.39, 0.29) is 5.69 Å². The lowest BCUT2D eigenvalue weighted by molar-refractivity contribution is 0.0689. The van der Waals surface area contributed by atoms with Crippen molar-refractivity contribution in [3.8, 4) is 0 Å². The van der Waals surface area contributed by atoms with Crippen LogP contribution in [-0.4, -0.2) is 20.5 Å².